The summed E-state index contributed by atoms with van der Waals surface area (Å²) in [6, 6.07) is 5.55. The molecule has 5 heteroatoms. The number of rotatable bonds is 0. The second-order valence-corrected chi connectivity index (χ2v) is 5.98. The minimum Gasteiger partial charge on any atom is -0.491 e. The van der Waals surface area contributed by atoms with Gasteiger partial charge in [0.1, 0.15) is 18.5 Å². The quantitative estimate of drug-likeness (QED) is 0.687. The molecule has 1 aromatic carbocycles. The van der Waals surface area contributed by atoms with Crippen LogP contribution < -0.4 is 10.1 Å². The van der Waals surface area contributed by atoms with Gasteiger partial charge in [0.05, 0.1) is 6.10 Å². The van der Waals surface area contributed by atoms with Crippen LogP contribution in [0.25, 0.3) is 0 Å². The van der Waals surface area contributed by atoms with Crippen LogP contribution in [0.4, 0.5) is 0 Å². The molecule has 2 atom stereocenters. The van der Waals surface area contributed by atoms with Crippen LogP contribution in [0.2, 0.25) is 5.02 Å². The van der Waals surface area contributed by atoms with Crippen LogP contribution in [0, 0.1) is 0 Å². The Morgan fingerprint density at radius 2 is 1.95 bits per heavy atom. The summed E-state index contributed by atoms with van der Waals surface area (Å²) in [5, 5.41) is 23.8. The fraction of sp³-hybridized carbons (Fsp3) is 0.625. The Labute approximate surface area is 131 Å². The third-order valence-electron chi connectivity index (χ3n) is 3.79. The minimum absolute atomic E-state index is 0.0931. The molecule has 0 saturated heterocycles. The highest BCUT2D eigenvalue weighted by molar-refractivity contribution is 6.30. The maximum absolute atomic E-state index is 9.94. The number of aryl methyl sites for hydroxylation is 1. The standard InChI is InChI=1S/C16H24ClNO3/c17-13-5-6-16-12(10-13)4-2-1-3-8-18-9-7-14(19)15(20)11-21-16/h5-6,10,14-15,18-20H,1-4,7-9,11H2/t14-,15+/m0/s1. The molecule has 0 saturated carbocycles. The van der Waals surface area contributed by atoms with Gasteiger partial charge < -0.3 is 20.3 Å². The number of aliphatic hydroxyl groups is 2. The summed E-state index contributed by atoms with van der Waals surface area (Å²) < 4.78 is 5.68. The van der Waals surface area contributed by atoms with Crippen LogP contribution in [0.1, 0.15) is 31.2 Å². The third-order valence-corrected chi connectivity index (χ3v) is 4.03. The van der Waals surface area contributed by atoms with Crippen molar-refractivity contribution in [2.24, 2.45) is 0 Å². The van der Waals surface area contributed by atoms with Crippen LogP contribution in [-0.4, -0.2) is 42.1 Å². The molecular weight excluding hydrogens is 290 g/mol. The van der Waals surface area contributed by atoms with Gasteiger partial charge in [-0.3, -0.25) is 0 Å². The van der Waals surface area contributed by atoms with Gasteiger partial charge in [-0.2, -0.15) is 0 Å². The summed E-state index contributed by atoms with van der Waals surface area (Å²) in [6.45, 7) is 1.75. The number of hydrogen-bond donors (Lipinski definition) is 3. The van der Waals surface area contributed by atoms with Crippen LogP contribution in [0.15, 0.2) is 18.2 Å². The molecule has 0 aromatic heterocycles. The number of ether oxygens (including phenoxy) is 1. The van der Waals surface area contributed by atoms with E-state index in [0.29, 0.717) is 18.0 Å². The molecule has 0 unspecified atom stereocenters. The van der Waals surface area contributed by atoms with Crippen molar-refractivity contribution in [2.75, 3.05) is 19.7 Å². The molecule has 0 spiro atoms. The average molecular weight is 314 g/mol. The lowest BCUT2D eigenvalue weighted by Crippen LogP contribution is -2.34. The van der Waals surface area contributed by atoms with Crippen molar-refractivity contribution >= 4 is 11.6 Å². The van der Waals surface area contributed by atoms with Crippen LogP contribution in [0.3, 0.4) is 0 Å². The Morgan fingerprint density at radius 1 is 1.10 bits per heavy atom. The molecule has 0 aliphatic carbocycles. The monoisotopic (exact) mass is 313 g/mol. The van der Waals surface area contributed by atoms with Gasteiger partial charge in [-0.1, -0.05) is 18.0 Å². The normalized spacial score (nSPS) is 25.5. The zero-order chi connectivity index (χ0) is 15.1. The topological polar surface area (TPSA) is 61.7 Å². The van der Waals surface area contributed by atoms with Gasteiger partial charge in [-0.25, -0.2) is 0 Å². The van der Waals surface area contributed by atoms with E-state index < -0.39 is 12.2 Å². The van der Waals surface area contributed by atoms with Gasteiger partial charge in [0.2, 0.25) is 0 Å². The Kier molecular flexibility index (Phi) is 6.77. The van der Waals surface area contributed by atoms with Gasteiger partial charge in [-0.15, -0.1) is 0 Å². The van der Waals surface area contributed by atoms with E-state index in [1.165, 1.54) is 0 Å². The van der Waals surface area contributed by atoms with Crippen LogP contribution >= 0.6 is 11.6 Å². The molecule has 0 radical (unpaired) electrons. The van der Waals surface area contributed by atoms with Gasteiger partial charge >= 0.3 is 0 Å². The molecule has 2 rings (SSSR count). The second-order valence-electron chi connectivity index (χ2n) is 5.55. The lowest BCUT2D eigenvalue weighted by atomic mass is 10.1. The molecule has 21 heavy (non-hydrogen) atoms. The molecular formula is C16H24ClNO3. The first-order chi connectivity index (χ1) is 10.2. The summed E-state index contributed by atoms with van der Waals surface area (Å²) >= 11 is 6.05. The maximum atomic E-state index is 9.94. The van der Waals surface area contributed by atoms with Gasteiger partial charge in [0, 0.05) is 5.02 Å². The molecule has 4 nitrogen and oxygen atoms in total. The summed E-state index contributed by atoms with van der Waals surface area (Å²) in [7, 11) is 0. The molecule has 1 aliphatic heterocycles. The molecule has 1 heterocycles. The number of nitrogens with one attached hydrogen (secondary N) is 1. The molecule has 118 valence electrons. The van der Waals surface area contributed by atoms with Crippen molar-refractivity contribution in [1.82, 2.24) is 5.32 Å². The first-order valence-electron chi connectivity index (χ1n) is 7.65. The lowest BCUT2D eigenvalue weighted by Gasteiger charge is -2.20. The van der Waals surface area contributed by atoms with E-state index in [2.05, 4.69) is 5.32 Å². The zero-order valence-electron chi connectivity index (χ0n) is 12.2. The predicted molar refractivity (Wildman–Crippen MR) is 84.0 cm³/mol. The predicted octanol–water partition coefficient (Wildman–Crippen LogP) is 2.15. The lowest BCUT2D eigenvalue weighted by molar-refractivity contribution is -0.0114. The molecule has 3 N–H and O–H groups in total. The van der Waals surface area contributed by atoms with Crippen molar-refractivity contribution in [3.05, 3.63) is 28.8 Å². The Morgan fingerprint density at radius 3 is 2.81 bits per heavy atom. The van der Waals surface area contributed by atoms with Gasteiger partial charge in [0.25, 0.3) is 0 Å². The largest absolute Gasteiger partial charge is 0.491 e. The van der Waals surface area contributed by atoms with Crippen molar-refractivity contribution in [1.29, 1.82) is 0 Å². The molecule has 0 fully saturated rings. The highest BCUT2D eigenvalue weighted by Crippen LogP contribution is 2.25. The first kappa shape index (κ1) is 16.6. The Hall–Kier alpha value is -0.810. The second kappa shape index (κ2) is 8.59. The Bertz CT molecular complexity index is 442. The van der Waals surface area contributed by atoms with Crippen molar-refractivity contribution in [2.45, 2.75) is 44.3 Å². The van der Waals surface area contributed by atoms with E-state index in [0.717, 1.165) is 43.5 Å². The molecule has 1 aliphatic rings. The van der Waals surface area contributed by atoms with E-state index in [4.69, 9.17) is 16.3 Å². The molecule has 0 amide bonds. The van der Waals surface area contributed by atoms with E-state index in [-0.39, 0.29) is 6.61 Å². The van der Waals surface area contributed by atoms with Crippen molar-refractivity contribution < 1.29 is 14.9 Å². The number of benzene rings is 1. The fourth-order valence-electron chi connectivity index (χ4n) is 2.48. The van der Waals surface area contributed by atoms with E-state index in [1.54, 1.807) is 6.07 Å². The highest BCUT2D eigenvalue weighted by Gasteiger charge is 2.17. The van der Waals surface area contributed by atoms with Crippen LogP contribution in [-0.2, 0) is 6.42 Å². The van der Waals surface area contributed by atoms with E-state index in [1.807, 2.05) is 12.1 Å². The van der Waals surface area contributed by atoms with Crippen molar-refractivity contribution in [3.63, 3.8) is 0 Å². The summed E-state index contributed by atoms with van der Waals surface area (Å²) in [4.78, 5) is 0. The number of hydrogen-bond acceptors (Lipinski definition) is 4. The Balaban J connectivity index is 2.06. The summed E-state index contributed by atoms with van der Waals surface area (Å²) in [5.41, 5.74) is 1.06. The third kappa shape index (κ3) is 5.47. The number of fused-ring (bicyclic) bond motifs is 1. The average Bonchev–Trinajstić information content (AvgIpc) is 2.47. The maximum Gasteiger partial charge on any atom is 0.122 e. The summed E-state index contributed by atoms with van der Waals surface area (Å²) in [5.74, 6) is 0.751. The fourth-order valence-corrected chi connectivity index (χ4v) is 2.67. The minimum atomic E-state index is -0.877. The highest BCUT2D eigenvalue weighted by atomic mass is 35.5. The zero-order valence-corrected chi connectivity index (χ0v) is 13.0. The van der Waals surface area contributed by atoms with Gasteiger partial charge in [-0.05, 0) is 62.5 Å². The van der Waals surface area contributed by atoms with Crippen molar-refractivity contribution in [3.8, 4) is 5.75 Å². The summed E-state index contributed by atoms with van der Waals surface area (Å²) in [6.07, 6.45) is 3.13. The SMILES string of the molecule is O[C@@H]1COc2ccc(Cl)cc2CCCCCNCC[C@@H]1O. The van der Waals surface area contributed by atoms with Gasteiger partial charge in [0.15, 0.2) is 0 Å². The number of aliphatic hydroxyl groups excluding tert-OH is 2. The van der Waals surface area contributed by atoms with E-state index >= 15 is 0 Å². The molecule has 0 bridgehead atoms. The number of halogens is 1. The smallest absolute Gasteiger partial charge is 0.122 e. The van der Waals surface area contributed by atoms with E-state index in [9.17, 15) is 10.2 Å². The van der Waals surface area contributed by atoms with Crippen LogP contribution in [0.5, 0.6) is 5.75 Å². The first-order valence-corrected chi connectivity index (χ1v) is 8.02. The molecule has 1 aromatic rings.